The lowest BCUT2D eigenvalue weighted by atomic mass is 10.0. The molecule has 2 aromatic carbocycles. The Hall–Kier alpha value is -2.00. The number of carbonyl (C=O) groups is 2. The Morgan fingerprint density at radius 3 is 1.73 bits per heavy atom. The van der Waals surface area contributed by atoms with Gasteiger partial charge in [0.15, 0.2) is 11.6 Å². The van der Waals surface area contributed by atoms with Gasteiger partial charge in [0.25, 0.3) is 0 Å². The largest absolute Gasteiger partial charge is 0.294 e. The molecule has 0 N–H and O–H groups in total. The van der Waals surface area contributed by atoms with E-state index in [2.05, 4.69) is 15.9 Å². The molecule has 2 aromatic rings. The van der Waals surface area contributed by atoms with Crippen LogP contribution in [-0.2, 0) is 0 Å². The second-order valence-corrected chi connectivity index (χ2v) is 5.48. The predicted molar refractivity (Wildman–Crippen MR) is 94.4 cm³/mol. The minimum absolute atomic E-state index is 0.0916. The van der Waals surface area contributed by atoms with Crippen molar-refractivity contribution in [2.75, 3.05) is 0 Å². The Morgan fingerprint density at radius 1 is 0.818 bits per heavy atom. The molecule has 0 aliphatic rings. The summed E-state index contributed by atoms with van der Waals surface area (Å²) in [4.78, 5) is 23.8. The van der Waals surface area contributed by atoms with Gasteiger partial charge in [0.1, 0.15) is 0 Å². The summed E-state index contributed by atoms with van der Waals surface area (Å²) in [6, 6.07) is 15.9. The summed E-state index contributed by atoms with van der Waals surface area (Å²) < 4.78 is 0.911. The first-order chi connectivity index (χ1) is 10.6. The summed E-state index contributed by atoms with van der Waals surface area (Å²) in [5.41, 5.74) is 1.13. The van der Waals surface area contributed by atoms with Crippen molar-refractivity contribution in [1.82, 2.24) is 0 Å². The zero-order valence-electron chi connectivity index (χ0n) is 12.8. The monoisotopic (exact) mass is 358 g/mol. The van der Waals surface area contributed by atoms with Gasteiger partial charge in [0.2, 0.25) is 0 Å². The SMILES string of the molecule is C/C=C/C.O=C(CC(=O)c1ccc(Br)cc1)c1ccccc1. The minimum Gasteiger partial charge on any atom is -0.294 e. The maximum absolute atomic E-state index is 11.9. The Balaban J connectivity index is 0.000000541. The molecule has 114 valence electrons. The highest BCUT2D eigenvalue weighted by Crippen LogP contribution is 2.13. The lowest BCUT2D eigenvalue weighted by Gasteiger charge is -2.01. The standard InChI is InChI=1S/C15H11BrO2.C4H8/c16-13-8-6-12(7-9-13)15(18)10-14(17)11-4-2-1-3-5-11;1-3-4-2/h1-9H,10H2;3-4H,1-2H3/b;4-3+. The molecule has 0 fully saturated rings. The number of rotatable bonds is 4. The number of Topliss-reactive ketones (excluding diaryl/α,β-unsaturated/α-hetero) is 2. The van der Waals surface area contributed by atoms with Crippen LogP contribution >= 0.6 is 15.9 Å². The first-order valence-electron chi connectivity index (χ1n) is 7.02. The van der Waals surface area contributed by atoms with Crippen molar-refractivity contribution in [3.8, 4) is 0 Å². The first kappa shape index (κ1) is 18.1. The van der Waals surface area contributed by atoms with Crippen LogP contribution in [0.2, 0.25) is 0 Å². The third-order valence-corrected chi connectivity index (χ3v) is 3.45. The third-order valence-electron chi connectivity index (χ3n) is 2.92. The average molecular weight is 359 g/mol. The molecular formula is C19H19BrO2. The topological polar surface area (TPSA) is 34.1 Å². The van der Waals surface area contributed by atoms with E-state index < -0.39 is 0 Å². The number of hydrogen-bond acceptors (Lipinski definition) is 2. The van der Waals surface area contributed by atoms with E-state index >= 15 is 0 Å². The highest BCUT2D eigenvalue weighted by molar-refractivity contribution is 9.10. The smallest absolute Gasteiger partial charge is 0.170 e. The first-order valence-corrected chi connectivity index (χ1v) is 7.82. The molecule has 0 radical (unpaired) electrons. The van der Waals surface area contributed by atoms with Crippen LogP contribution in [-0.4, -0.2) is 11.6 Å². The van der Waals surface area contributed by atoms with Crippen molar-refractivity contribution < 1.29 is 9.59 Å². The van der Waals surface area contributed by atoms with Crippen molar-refractivity contribution in [3.63, 3.8) is 0 Å². The second-order valence-electron chi connectivity index (χ2n) is 4.56. The number of hydrogen-bond donors (Lipinski definition) is 0. The Labute approximate surface area is 140 Å². The van der Waals surface area contributed by atoms with Crippen LogP contribution in [0, 0.1) is 0 Å². The summed E-state index contributed by atoms with van der Waals surface area (Å²) >= 11 is 3.30. The van der Waals surface area contributed by atoms with Gasteiger partial charge >= 0.3 is 0 Å². The average Bonchev–Trinajstić information content (AvgIpc) is 2.56. The van der Waals surface area contributed by atoms with Crippen molar-refractivity contribution >= 4 is 27.5 Å². The van der Waals surface area contributed by atoms with E-state index in [9.17, 15) is 9.59 Å². The van der Waals surface area contributed by atoms with Gasteiger partial charge in [-0.25, -0.2) is 0 Å². The van der Waals surface area contributed by atoms with Crippen LogP contribution in [0.15, 0.2) is 71.2 Å². The summed E-state index contributed by atoms with van der Waals surface area (Å²) in [7, 11) is 0. The van der Waals surface area contributed by atoms with E-state index in [1.165, 1.54) is 0 Å². The van der Waals surface area contributed by atoms with Gasteiger partial charge in [-0.15, -0.1) is 0 Å². The van der Waals surface area contributed by atoms with Crippen molar-refractivity contribution in [3.05, 3.63) is 82.3 Å². The molecule has 0 amide bonds. The van der Waals surface area contributed by atoms with Crippen LogP contribution in [0.5, 0.6) is 0 Å². The van der Waals surface area contributed by atoms with Crippen LogP contribution in [0.1, 0.15) is 41.0 Å². The maximum Gasteiger partial charge on any atom is 0.170 e. The second kappa shape index (κ2) is 9.85. The number of halogens is 1. The van der Waals surface area contributed by atoms with Gasteiger partial charge < -0.3 is 0 Å². The summed E-state index contributed by atoms with van der Waals surface area (Å²) in [5.74, 6) is -0.306. The van der Waals surface area contributed by atoms with Gasteiger partial charge in [-0.2, -0.15) is 0 Å². The van der Waals surface area contributed by atoms with Crippen LogP contribution in [0.3, 0.4) is 0 Å². The molecule has 0 aliphatic carbocycles. The van der Waals surface area contributed by atoms with Crippen LogP contribution in [0.4, 0.5) is 0 Å². The fraction of sp³-hybridized carbons (Fsp3) is 0.158. The molecule has 0 saturated heterocycles. The van der Waals surface area contributed by atoms with Crippen LogP contribution in [0.25, 0.3) is 0 Å². The van der Waals surface area contributed by atoms with Gasteiger partial charge in [-0.1, -0.05) is 70.5 Å². The quantitative estimate of drug-likeness (QED) is 0.411. The molecule has 0 bridgehead atoms. The number of ketones is 2. The molecule has 2 rings (SSSR count). The van der Waals surface area contributed by atoms with E-state index in [1.54, 1.807) is 48.5 Å². The Morgan fingerprint density at radius 2 is 1.27 bits per heavy atom. The van der Waals surface area contributed by atoms with Gasteiger partial charge in [-0.3, -0.25) is 9.59 Å². The Kier molecular flexibility index (Phi) is 8.08. The van der Waals surface area contributed by atoms with Gasteiger partial charge in [0.05, 0.1) is 6.42 Å². The zero-order chi connectivity index (χ0) is 16.4. The molecule has 0 unspecified atom stereocenters. The molecule has 2 nitrogen and oxygen atoms in total. The van der Waals surface area contributed by atoms with E-state index in [4.69, 9.17) is 0 Å². The molecule has 3 heteroatoms. The van der Waals surface area contributed by atoms with Gasteiger partial charge in [-0.05, 0) is 26.0 Å². The van der Waals surface area contributed by atoms with Crippen molar-refractivity contribution in [2.24, 2.45) is 0 Å². The maximum atomic E-state index is 11.9. The number of carbonyl (C=O) groups excluding carboxylic acids is 2. The van der Waals surface area contributed by atoms with Gasteiger partial charge in [0, 0.05) is 15.6 Å². The van der Waals surface area contributed by atoms with E-state index in [-0.39, 0.29) is 18.0 Å². The van der Waals surface area contributed by atoms with Crippen molar-refractivity contribution in [2.45, 2.75) is 20.3 Å². The molecule has 0 atom stereocenters. The number of benzene rings is 2. The fourth-order valence-electron chi connectivity index (χ4n) is 1.61. The summed E-state index contributed by atoms with van der Waals surface area (Å²) in [5, 5.41) is 0. The van der Waals surface area contributed by atoms with E-state index in [1.807, 2.05) is 32.1 Å². The lowest BCUT2D eigenvalue weighted by molar-refractivity contribution is 0.0894. The molecule has 22 heavy (non-hydrogen) atoms. The summed E-state index contributed by atoms with van der Waals surface area (Å²) in [6.45, 7) is 4.00. The highest BCUT2D eigenvalue weighted by Gasteiger charge is 2.13. The molecule has 0 spiro atoms. The minimum atomic E-state index is -0.156. The zero-order valence-corrected chi connectivity index (χ0v) is 14.3. The fourth-order valence-corrected chi connectivity index (χ4v) is 1.87. The summed E-state index contributed by atoms with van der Waals surface area (Å²) in [6.07, 6.45) is 3.91. The van der Waals surface area contributed by atoms with Crippen molar-refractivity contribution in [1.29, 1.82) is 0 Å². The predicted octanol–water partition coefficient (Wildman–Crippen LogP) is 5.49. The third kappa shape index (κ3) is 6.19. The molecule has 0 saturated carbocycles. The molecule has 0 aliphatic heterocycles. The molecular weight excluding hydrogens is 340 g/mol. The van der Waals surface area contributed by atoms with E-state index in [0.717, 1.165) is 4.47 Å². The normalized spacial score (nSPS) is 9.95. The molecule has 0 heterocycles. The highest BCUT2D eigenvalue weighted by atomic mass is 79.9. The lowest BCUT2D eigenvalue weighted by Crippen LogP contribution is -2.08. The Bertz CT molecular complexity index is 624. The number of allylic oxidation sites excluding steroid dienone is 2. The van der Waals surface area contributed by atoms with Crippen LogP contribution < -0.4 is 0 Å². The molecule has 0 aromatic heterocycles. The van der Waals surface area contributed by atoms with E-state index in [0.29, 0.717) is 11.1 Å².